The van der Waals surface area contributed by atoms with Crippen molar-refractivity contribution in [3.8, 4) is 6.07 Å². The molecular formula is C11H11N3OS. The monoisotopic (exact) mass is 233 g/mol. The van der Waals surface area contributed by atoms with Crippen LogP contribution in [0.2, 0.25) is 0 Å². The average Bonchev–Trinajstić information content (AvgIpc) is 2.71. The van der Waals surface area contributed by atoms with E-state index in [9.17, 15) is 0 Å². The van der Waals surface area contributed by atoms with Gasteiger partial charge in [0, 0.05) is 5.75 Å². The highest BCUT2D eigenvalue weighted by molar-refractivity contribution is 7.99. The molecule has 16 heavy (non-hydrogen) atoms. The molecular weight excluding hydrogens is 222 g/mol. The van der Waals surface area contributed by atoms with Gasteiger partial charge in [-0.15, -0.1) is 0 Å². The lowest BCUT2D eigenvalue weighted by molar-refractivity contribution is 0.489. The van der Waals surface area contributed by atoms with Gasteiger partial charge in [-0.1, -0.05) is 23.9 Å². The fourth-order valence-electron chi connectivity index (χ4n) is 1.25. The van der Waals surface area contributed by atoms with E-state index in [1.807, 2.05) is 30.3 Å². The zero-order chi connectivity index (χ0) is 11.4. The number of para-hydroxylation sites is 2. The summed E-state index contributed by atoms with van der Waals surface area (Å²) >= 11 is 1.48. The molecule has 5 heteroatoms. The van der Waals surface area contributed by atoms with Gasteiger partial charge in [0.15, 0.2) is 5.58 Å². The first-order valence-electron chi connectivity index (χ1n) is 4.93. The molecule has 2 rings (SSSR count). The Balaban J connectivity index is 1.97. The molecule has 1 aromatic heterocycles. The number of hydrogen-bond donors (Lipinski definition) is 1. The van der Waals surface area contributed by atoms with E-state index in [1.54, 1.807) is 0 Å². The predicted molar refractivity (Wildman–Crippen MR) is 62.9 cm³/mol. The maximum Gasteiger partial charge on any atom is 0.256 e. The lowest BCUT2D eigenvalue weighted by atomic mass is 10.3. The summed E-state index contributed by atoms with van der Waals surface area (Å²) in [5.41, 5.74) is 7.13. The molecule has 1 heterocycles. The minimum absolute atomic E-state index is 0.406. The van der Waals surface area contributed by atoms with Crippen molar-refractivity contribution in [1.29, 1.82) is 5.26 Å². The van der Waals surface area contributed by atoms with Crippen molar-refractivity contribution in [2.75, 3.05) is 5.75 Å². The van der Waals surface area contributed by atoms with Crippen LogP contribution in [0.1, 0.15) is 6.42 Å². The van der Waals surface area contributed by atoms with Crippen LogP contribution in [0.3, 0.4) is 0 Å². The Morgan fingerprint density at radius 2 is 2.31 bits per heavy atom. The molecule has 2 N–H and O–H groups in total. The van der Waals surface area contributed by atoms with Crippen LogP contribution in [-0.4, -0.2) is 16.8 Å². The minimum atomic E-state index is -0.406. The molecule has 0 saturated heterocycles. The summed E-state index contributed by atoms with van der Waals surface area (Å²) in [7, 11) is 0. The molecule has 1 atom stereocenters. The van der Waals surface area contributed by atoms with Gasteiger partial charge in [0.05, 0.1) is 12.1 Å². The molecule has 0 spiro atoms. The number of hydrogen-bond acceptors (Lipinski definition) is 5. The number of nitriles is 1. The Morgan fingerprint density at radius 3 is 3.06 bits per heavy atom. The van der Waals surface area contributed by atoms with E-state index in [-0.39, 0.29) is 0 Å². The zero-order valence-electron chi connectivity index (χ0n) is 8.59. The minimum Gasteiger partial charge on any atom is -0.431 e. The normalized spacial score (nSPS) is 12.5. The Kier molecular flexibility index (Phi) is 3.44. The quantitative estimate of drug-likeness (QED) is 0.819. The van der Waals surface area contributed by atoms with E-state index in [4.69, 9.17) is 15.4 Å². The number of fused-ring (bicyclic) bond motifs is 1. The standard InChI is InChI=1S/C11H11N3OS/c12-7-8(13)5-6-16-11-14-9-3-1-2-4-10(9)15-11/h1-4,8H,5-6,13H2. The maximum atomic E-state index is 8.52. The lowest BCUT2D eigenvalue weighted by Gasteiger charge is -1.98. The third kappa shape index (κ3) is 2.54. The molecule has 0 saturated carbocycles. The molecule has 0 amide bonds. The summed E-state index contributed by atoms with van der Waals surface area (Å²) in [6.07, 6.45) is 0.639. The molecule has 2 aromatic rings. The molecule has 82 valence electrons. The van der Waals surface area contributed by atoms with Crippen LogP contribution >= 0.6 is 11.8 Å². The fraction of sp³-hybridized carbons (Fsp3) is 0.273. The number of nitrogens with two attached hydrogens (primary N) is 1. The van der Waals surface area contributed by atoms with Crippen LogP contribution < -0.4 is 5.73 Å². The average molecular weight is 233 g/mol. The SMILES string of the molecule is N#CC(N)CCSc1nc2ccccc2o1. The highest BCUT2D eigenvalue weighted by Crippen LogP contribution is 2.23. The third-order valence-electron chi connectivity index (χ3n) is 2.09. The lowest BCUT2D eigenvalue weighted by Crippen LogP contribution is -2.17. The van der Waals surface area contributed by atoms with Crippen molar-refractivity contribution >= 4 is 22.9 Å². The van der Waals surface area contributed by atoms with Crippen molar-refractivity contribution in [2.45, 2.75) is 17.7 Å². The first-order chi connectivity index (χ1) is 7.79. The van der Waals surface area contributed by atoms with Crippen molar-refractivity contribution in [3.63, 3.8) is 0 Å². The summed E-state index contributed by atoms with van der Waals surface area (Å²) in [5.74, 6) is 0.738. The number of oxazole rings is 1. The Hall–Kier alpha value is -1.51. The number of rotatable bonds is 4. The summed E-state index contributed by atoms with van der Waals surface area (Å²) in [6, 6.07) is 9.21. The number of nitrogens with zero attached hydrogens (tertiary/aromatic N) is 2. The van der Waals surface area contributed by atoms with Crippen LogP contribution in [0, 0.1) is 11.3 Å². The van der Waals surface area contributed by atoms with Crippen LogP contribution in [0.15, 0.2) is 33.9 Å². The Morgan fingerprint density at radius 1 is 1.50 bits per heavy atom. The van der Waals surface area contributed by atoms with Gasteiger partial charge in [-0.3, -0.25) is 0 Å². The summed E-state index contributed by atoms with van der Waals surface area (Å²) < 4.78 is 5.51. The Bertz CT molecular complexity index is 484. The van der Waals surface area contributed by atoms with Gasteiger partial charge >= 0.3 is 0 Å². The van der Waals surface area contributed by atoms with Gasteiger partial charge in [-0.05, 0) is 18.6 Å². The molecule has 0 radical (unpaired) electrons. The first kappa shape index (κ1) is 11.0. The van der Waals surface area contributed by atoms with Crippen LogP contribution in [0.4, 0.5) is 0 Å². The van der Waals surface area contributed by atoms with E-state index in [0.29, 0.717) is 11.6 Å². The van der Waals surface area contributed by atoms with Gasteiger partial charge in [0.2, 0.25) is 0 Å². The molecule has 1 unspecified atom stereocenters. The van der Waals surface area contributed by atoms with Gasteiger partial charge in [-0.2, -0.15) is 5.26 Å². The van der Waals surface area contributed by atoms with E-state index in [0.717, 1.165) is 16.9 Å². The number of thioether (sulfide) groups is 1. The maximum absolute atomic E-state index is 8.52. The van der Waals surface area contributed by atoms with Gasteiger partial charge in [0.25, 0.3) is 5.22 Å². The molecule has 0 aliphatic rings. The van der Waals surface area contributed by atoms with Crippen molar-refractivity contribution in [1.82, 2.24) is 4.98 Å². The molecule has 1 aromatic carbocycles. The molecule has 4 nitrogen and oxygen atoms in total. The van der Waals surface area contributed by atoms with Gasteiger partial charge in [0.1, 0.15) is 5.52 Å². The summed E-state index contributed by atoms with van der Waals surface area (Å²) in [5, 5.41) is 9.15. The first-order valence-corrected chi connectivity index (χ1v) is 5.92. The van der Waals surface area contributed by atoms with E-state index >= 15 is 0 Å². The smallest absolute Gasteiger partial charge is 0.256 e. The number of aromatic nitrogens is 1. The van der Waals surface area contributed by atoms with Crippen LogP contribution in [0.5, 0.6) is 0 Å². The van der Waals surface area contributed by atoms with Crippen molar-refractivity contribution in [3.05, 3.63) is 24.3 Å². The van der Waals surface area contributed by atoms with Crippen molar-refractivity contribution in [2.24, 2.45) is 5.73 Å². The second-order valence-electron chi connectivity index (χ2n) is 3.32. The van der Waals surface area contributed by atoms with Gasteiger partial charge in [-0.25, -0.2) is 4.98 Å². The number of benzene rings is 1. The van der Waals surface area contributed by atoms with E-state index in [2.05, 4.69) is 4.98 Å². The predicted octanol–water partition coefficient (Wildman–Crippen LogP) is 2.16. The summed E-state index contributed by atoms with van der Waals surface area (Å²) in [4.78, 5) is 4.31. The molecule has 0 aliphatic carbocycles. The second kappa shape index (κ2) is 5.01. The molecule has 0 aliphatic heterocycles. The van der Waals surface area contributed by atoms with E-state index < -0.39 is 6.04 Å². The fourth-order valence-corrected chi connectivity index (χ4v) is 2.11. The van der Waals surface area contributed by atoms with E-state index in [1.165, 1.54) is 11.8 Å². The molecule has 0 bridgehead atoms. The third-order valence-corrected chi connectivity index (χ3v) is 2.96. The topological polar surface area (TPSA) is 75.8 Å². The van der Waals surface area contributed by atoms with Crippen LogP contribution in [0.25, 0.3) is 11.1 Å². The summed E-state index contributed by atoms with van der Waals surface area (Å²) in [6.45, 7) is 0. The zero-order valence-corrected chi connectivity index (χ0v) is 9.41. The Labute approximate surface area is 97.4 Å². The highest BCUT2D eigenvalue weighted by Gasteiger charge is 2.06. The second-order valence-corrected chi connectivity index (χ2v) is 4.37. The highest BCUT2D eigenvalue weighted by atomic mass is 32.2. The van der Waals surface area contributed by atoms with Gasteiger partial charge < -0.3 is 10.2 Å². The molecule has 0 fully saturated rings. The largest absolute Gasteiger partial charge is 0.431 e. The van der Waals surface area contributed by atoms with Crippen LogP contribution in [-0.2, 0) is 0 Å². The van der Waals surface area contributed by atoms with Crippen molar-refractivity contribution < 1.29 is 4.42 Å².